The highest BCUT2D eigenvalue weighted by Gasteiger charge is 2.21. The van der Waals surface area contributed by atoms with Gasteiger partial charge in [0.25, 0.3) is 0 Å². The molecular formula is C12H14ClNOS. The van der Waals surface area contributed by atoms with Crippen LogP contribution in [-0.4, -0.2) is 17.4 Å². The third kappa shape index (κ3) is 3.16. The topological polar surface area (TPSA) is 29.1 Å². The maximum absolute atomic E-state index is 11.9. The minimum atomic E-state index is 0.141. The van der Waals surface area contributed by atoms with Crippen LogP contribution < -0.4 is 5.32 Å². The highest BCUT2D eigenvalue weighted by molar-refractivity contribution is 7.99. The summed E-state index contributed by atoms with van der Waals surface area (Å²) in [6, 6.07) is 7.23. The molecule has 16 heavy (non-hydrogen) atoms. The van der Waals surface area contributed by atoms with Crippen LogP contribution in [0.15, 0.2) is 24.3 Å². The number of benzene rings is 1. The predicted octanol–water partition coefficient (Wildman–Crippen LogP) is 3.42. The van der Waals surface area contributed by atoms with Crippen LogP contribution in [0.2, 0.25) is 5.02 Å². The number of rotatable bonds is 2. The number of nitrogens with one attached hydrogen (secondary N) is 1. The quantitative estimate of drug-likeness (QED) is 0.877. The van der Waals surface area contributed by atoms with Gasteiger partial charge in [-0.3, -0.25) is 4.79 Å². The van der Waals surface area contributed by atoms with Crippen LogP contribution in [0.1, 0.15) is 12.8 Å². The number of thioether (sulfide) groups is 1. The van der Waals surface area contributed by atoms with E-state index >= 15 is 0 Å². The van der Waals surface area contributed by atoms with Crippen molar-refractivity contribution in [3.05, 3.63) is 29.3 Å². The van der Waals surface area contributed by atoms with Crippen LogP contribution in [0.3, 0.4) is 0 Å². The first-order valence-electron chi connectivity index (χ1n) is 5.40. The van der Waals surface area contributed by atoms with E-state index in [2.05, 4.69) is 5.32 Å². The van der Waals surface area contributed by atoms with Gasteiger partial charge in [0.05, 0.1) is 0 Å². The molecule has 1 aromatic rings. The number of halogens is 1. The molecule has 0 atom stereocenters. The van der Waals surface area contributed by atoms with Crippen molar-refractivity contribution in [3.63, 3.8) is 0 Å². The van der Waals surface area contributed by atoms with Gasteiger partial charge in [-0.15, -0.1) is 0 Å². The fourth-order valence-electron chi connectivity index (χ4n) is 1.74. The van der Waals surface area contributed by atoms with Gasteiger partial charge in [0.15, 0.2) is 0 Å². The van der Waals surface area contributed by atoms with Crippen LogP contribution >= 0.6 is 23.4 Å². The third-order valence-electron chi connectivity index (χ3n) is 2.70. The number of anilines is 1. The van der Waals surface area contributed by atoms with Gasteiger partial charge in [-0.2, -0.15) is 11.8 Å². The molecule has 2 nitrogen and oxygen atoms in total. The van der Waals surface area contributed by atoms with Crippen LogP contribution in [-0.2, 0) is 4.79 Å². The Kier molecular flexibility index (Phi) is 4.13. The molecular weight excluding hydrogens is 242 g/mol. The molecule has 0 aliphatic carbocycles. The third-order valence-corrected chi connectivity index (χ3v) is 4.00. The Hall–Kier alpha value is -0.670. The summed E-state index contributed by atoms with van der Waals surface area (Å²) in [5.74, 6) is 2.51. The standard InChI is InChI=1S/C12H14ClNOS/c13-10-1-3-11(4-2-10)14-12(15)9-5-7-16-8-6-9/h1-4,9H,5-8H2,(H,14,15). The van der Waals surface area contributed by atoms with Gasteiger partial charge in [0.2, 0.25) is 5.91 Å². The van der Waals surface area contributed by atoms with Gasteiger partial charge in [-0.1, -0.05) is 11.6 Å². The van der Waals surface area contributed by atoms with Gasteiger partial charge in [-0.05, 0) is 48.6 Å². The fourth-order valence-corrected chi connectivity index (χ4v) is 2.97. The number of hydrogen-bond acceptors (Lipinski definition) is 2. The van der Waals surface area contributed by atoms with E-state index in [4.69, 9.17) is 11.6 Å². The van der Waals surface area contributed by atoms with E-state index in [0.29, 0.717) is 5.02 Å². The van der Waals surface area contributed by atoms with E-state index in [9.17, 15) is 4.79 Å². The Bertz CT molecular complexity index is 360. The van der Waals surface area contributed by atoms with E-state index in [1.807, 2.05) is 23.9 Å². The second-order valence-corrected chi connectivity index (χ2v) is 5.54. The molecule has 1 aliphatic heterocycles. The zero-order chi connectivity index (χ0) is 11.4. The average Bonchev–Trinajstić information content (AvgIpc) is 2.33. The molecule has 1 fully saturated rings. The Morgan fingerprint density at radius 2 is 1.88 bits per heavy atom. The summed E-state index contributed by atoms with van der Waals surface area (Å²) in [6.45, 7) is 0. The summed E-state index contributed by atoms with van der Waals surface area (Å²) in [4.78, 5) is 11.9. The first-order chi connectivity index (χ1) is 7.75. The molecule has 0 aromatic heterocycles. The van der Waals surface area contributed by atoms with E-state index in [1.165, 1.54) is 0 Å². The number of hydrogen-bond donors (Lipinski definition) is 1. The van der Waals surface area contributed by atoms with E-state index in [-0.39, 0.29) is 11.8 Å². The monoisotopic (exact) mass is 255 g/mol. The zero-order valence-electron chi connectivity index (χ0n) is 8.91. The molecule has 0 unspecified atom stereocenters. The van der Waals surface area contributed by atoms with Crippen LogP contribution in [0.4, 0.5) is 5.69 Å². The summed E-state index contributed by atoms with van der Waals surface area (Å²) >= 11 is 7.71. The molecule has 4 heteroatoms. The maximum Gasteiger partial charge on any atom is 0.227 e. The lowest BCUT2D eigenvalue weighted by atomic mass is 10.0. The van der Waals surface area contributed by atoms with Crippen molar-refractivity contribution < 1.29 is 4.79 Å². The second-order valence-electron chi connectivity index (χ2n) is 3.88. The smallest absolute Gasteiger partial charge is 0.227 e. The molecule has 1 heterocycles. The number of carbonyl (C=O) groups excluding carboxylic acids is 1. The normalized spacial score (nSPS) is 17.1. The number of amides is 1. The molecule has 0 spiro atoms. The molecule has 0 radical (unpaired) electrons. The summed E-state index contributed by atoms with van der Waals surface area (Å²) in [5.41, 5.74) is 0.827. The summed E-state index contributed by atoms with van der Waals surface area (Å²) in [6.07, 6.45) is 1.98. The highest BCUT2D eigenvalue weighted by Crippen LogP contribution is 2.24. The number of carbonyl (C=O) groups is 1. The van der Waals surface area contributed by atoms with Gasteiger partial charge in [-0.25, -0.2) is 0 Å². The molecule has 1 saturated heterocycles. The summed E-state index contributed by atoms with van der Waals surface area (Å²) < 4.78 is 0. The molecule has 0 bridgehead atoms. The molecule has 0 saturated carbocycles. The average molecular weight is 256 g/mol. The molecule has 1 aliphatic rings. The highest BCUT2D eigenvalue weighted by atomic mass is 35.5. The van der Waals surface area contributed by atoms with Crippen LogP contribution in [0.5, 0.6) is 0 Å². The maximum atomic E-state index is 11.9. The van der Waals surface area contributed by atoms with Crippen LogP contribution in [0.25, 0.3) is 0 Å². The molecule has 2 rings (SSSR count). The summed E-state index contributed by atoms with van der Waals surface area (Å²) in [7, 11) is 0. The lowest BCUT2D eigenvalue weighted by Crippen LogP contribution is -2.26. The van der Waals surface area contributed by atoms with E-state index in [1.54, 1.807) is 12.1 Å². The van der Waals surface area contributed by atoms with E-state index < -0.39 is 0 Å². The van der Waals surface area contributed by atoms with Gasteiger partial charge in [0, 0.05) is 16.6 Å². The van der Waals surface area contributed by atoms with Crippen molar-refractivity contribution in [1.82, 2.24) is 0 Å². The van der Waals surface area contributed by atoms with Crippen molar-refractivity contribution in [1.29, 1.82) is 0 Å². The van der Waals surface area contributed by atoms with Crippen LogP contribution in [0, 0.1) is 5.92 Å². The van der Waals surface area contributed by atoms with Crippen molar-refractivity contribution in [2.75, 3.05) is 16.8 Å². The minimum Gasteiger partial charge on any atom is -0.326 e. The lowest BCUT2D eigenvalue weighted by molar-refractivity contribution is -0.120. The summed E-state index contributed by atoms with van der Waals surface area (Å²) in [5, 5.41) is 3.62. The first-order valence-corrected chi connectivity index (χ1v) is 6.93. The predicted molar refractivity (Wildman–Crippen MR) is 70.1 cm³/mol. The zero-order valence-corrected chi connectivity index (χ0v) is 10.5. The van der Waals surface area contributed by atoms with Gasteiger partial charge >= 0.3 is 0 Å². The fraction of sp³-hybridized carbons (Fsp3) is 0.417. The molecule has 1 aromatic carbocycles. The van der Waals surface area contributed by atoms with Crippen molar-refractivity contribution in [2.45, 2.75) is 12.8 Å². The largest absolute Gasteiger partial charge is 0.326 e. The SMILES string of the molecule is O=C(Nc1ccc(Cl)cc1)C1CCSCC1. The second kappa shape index (κ2) is 5.60. The van der Waals surface area contributed by atoms with Gasteiger partial charge < -0.3 is 5.32 Å². The van der Waals surface area contributed by atoms with Gasteiger partial charge in [0.1, 0.15) is 0 Å². The Balaban J connectivity index is 1.93. The Morgan fingerprint density at radius 1 is 1.25 bits per heavy atom. The molecule has 1 N–H and O–H groups in total. The van der Waals surface area contributed by atoms with Crippen molar-refractivity contribution in [3.8, 4) is 0 Å². The van der Waals surface area contributed by atoms with Crippen molar-refractivity contribution in [2.24, 2.45) is 5.92 Å². The Morgan fingerprint density at radius 3 is 2.50 bits per heavy atom. The molecule has 1 amide bonds. The van der Waals surface area contributed by atoms with Crippen molar-refractivity contribution >= 4 is 35.0 Å². The Labute approximate surface area is 105 Å². The van der Waals surface area contributed by atoms with E-state index in [0.717, 1.165) is 30.0 Å². The lowest BCUT2D eigenvalue weighted by Gasteiger charge is -2.20. The minimum absolute atomic E-state index is 0.141. The first kappa shape index (κ1) is 11.8. The molecule has 86 valence electrons.